The summed E-state index contributed by atoms with van der Waals surface area (Å²) in [6, 6.07) is 5.88. The highest BCUT2D eigenvalue weighted by Crippen LogP contribution is 2.24. The van der Waals surface area contributed by atoms with Crippen molar-refractivity contribution >= 4 is 11.9 Å². The molecular weight excluding hydrogens is 200 g/mol. The number of esters is 1. The summed E-state index contributed by atoms with van der Waals surface area (Å²) in [5.41, 5.74) is 0. The van der Waals surface area contributed by atoms with Crippen LogP contribution in [0.2, 0.25) is 0 Å². The summed E-state index contributed by atoms with van der Waals surface area (Å²) in [4.78, 5) is 21.1. The summed E-state index contributed by atoms with van der Waals surface area (Å²) < 4.78 is 4.66. The maximum Gasteiger partial charge on any atom is 0.336 e. The summed E-state index contributed by atoms with van der Waals surface area (Å²) >= 11 is 0. The molecule has 0 unspecified atom stereocenters. The first-order chi connectivity index (χ1) is 7.09. The van der Waals surface area contributed by atoms with Crippen LogP contribution >= 0.6 is 0 Å². The molecule has 0 aromatic heterocycles. The average Bonchev–Trinajstić information content (AvgIpc) is 2.18. The number of hydrogen-bond donors (Lipinski definition) is 2. The van der Waals surface area contributed by atoms with E-state index in [-0.39, 0.29) is 11.5 Å². The van der Waals surface area contributed by atoms with Crippen molar-refractivity contribution in [1.29, 1.82) is 0 Å². The Hall–Kier alpha value is -2.30. The minimum absolute atomic E-state index is 0.0162. The minimum Gasteiger partial charge on any atom is -0.504 e. The number of phenolic OH excluding ortho intramolecular Hbond substituents is 1. The van der Waals surface area contributed by atoms with Crippen molar-refractivity contribution in [2.24, 2.45) is 0 Å². The van der Waals surface area contributed by atoms with Crippen molar-refractivity contribution in [3.05, 3.63) is 36.4 Å². The van der Waals surface area contributed by atoms with E-state index in [4.69, 9.17) is 5.11 Å². The molecule has 1 rings (SSSR count). The van der Waals surface area contributed by atoms with Gasteiger partial charge >= 0.3 is 11.9 Å². The summed E-state index contributed by atoms with van der Waals surface area (Å²) in [5.74, 6) is -2.31. The molecule has 2 N–H and O–H groups in total. The fraction of sp³-hybridized carbons (Fsp3) is 0. The van der Waals surface area contributed by atoms with E-state index in [0.717, 1.165) is 6.08 Å². The van der Waals surface area contributed by atoms with Crippen LogP contribution in [0.25, 0.3) is 0 Å². The zero-order chi connectivity index (χ0) is 11.3. The molecule has 0 bridgehead atoms. The number of rotatable bonds is 3. The number of aromatic hydroxyl groups is 1. The van der Waals surface area contributed by atoms with Crippen LogP contribution in [0.5, 0.6) is 11.5 Å². The second-order valence-electron chi connectivity index (χ2n) is 2.56. The maximum absolute atomic E-state index is 11.0. The van der Waals surface area contributed by atoms with Gasteiger partial charge in [-0.25, -0.2) is 9.59 Å². The van der Waals surface area contributed by atoms with E-state index >= 15 is 0 Å². The molecule has 0 aliphatic heterocycles. The largest absolute Gasteiger partial charge is 0.504 e. The van der Waals surface area contributed by atoms with Crippen LogP contribution < -0.4 is 4.74 Å². The predicted molar refractivity (Wildman–Crippen MR) is 50.5 cm³/mol. The van der Waals surface area contributed by atoms with Crippen LogP contribution in [0.4, 0.5) is 0 Å². The van der Waals surface area contributed by atoms with E-state index < -0.39 is 11.9 Å². The summed E-state index contributed by atoms with van der Waals surface area (Å²) in [6.45, 7) is 0. The minimum atomic E-state index is -1.25. The van der Waals surface area contributed by atoms with Crippen LogP contribution in [0.3, 0.4) is 0 Å². The number of carbonyl (C=O) groups excluding carboxylic acids is 1. The van der Waals surface area contributed by atoms with Crippen molar-refractivity contribution in [3.63, 3.8) is 0 Å². The Balaban J connectivity index is 2.67. The SMILES string of the molecule is O=C(O)/C=C\C(=O)Oc1ccccc1O. The molecule has 0 aliphatic rings. The molecule has 5 nitrogen and oxygen atoms in total. The Bertz CT molecular complexity index is 408. The van der Waals surface area contributed by atoms with Gasteiger partial charge in [0.1, 0.15) is 0 Å². The fourth-order valence-corrected chi connectivity index (χ4v) is 0.825. The third kappa shape index (κ3) is 3.51. The highest BCUT2D eigenvalue weighted by Gasteiger charge is 2.04. The number of aliphatic carboxylic acids is 1. The van der Waals surface area contributed by atoms with Gasteiger partial charge in [-0.15, -0.1) is 0 Å². The fourth-order valence-electron chi connectivity index (χ4n) is 0.825. The quantitative estimate of drug-likeness (QED) is 0.438. The first-order valence-electron chi connectivity index (χ1n) is 4.00. The van der Waals surface area contributed by atoms with Crippen LogP contribution in [-0.4, -0.2) is 22.2 Å². The monoisotopic (exact) mass is 208 g/mol. The van der Waals surface area contributed by atoms with Gasteiger partial charge in [0.05, 0.1) is 0 Å². The molecule has 0 aliphatic carbocycles. The van der Waals surface area contributed by atoms with E-state index in [1.165, 1.54) is 12.1 Å². The van der Waals surface area contributed by atoms with Crippen LogP contribution in [0, 0.1) is 0 Å². The van der Waals surface area contributed by atoms with Gasteiger partial charge < -0.3 is 14.9 Å². The van der Waals surface area contributed by atoms with Crippen LogP contribution in [0.1, 0.15) is 0 Å². The lowest BCUT2D eigenvalue weighted by atomic mass is 10.3. The number of carbonyl (C=O) groups is 2. The van der Waals surface area contributed by atoms with Gasteiger partial charge in [-0.1, -0.05) is 12.1 Å². The van der Waals surface area contributed by atoms with Gasteiger partial charge in [-0.3, -0.25) is 0 Å². The Labute approximate surface area is 85.2 Å². The first kappa shape index (κ1) is 10.8. The van der Waals surface area contributed by atoms with Gasteiger partial charge in [0.2, 0.25) is 0 Å². The second-order valence-corrected chi connectivity index (χ2v) is 2.56. The molecule has 1 aromatic carbocycles. The molecule has 0 saturated heterocycles. The standard InChI is InChI=1S/C10H8O5/c11-7-3-1-2-4-8(7)15-10(14)6-5-9(12)13/h1-6,11H,(H,12,13)/b6-5-. The second kappa shape index (κ2) is 4.80. The molecule has 0 fully saturated rings. The number of benzene rings is 1. The number of phenols is 1. The van der Waals surface area contributed by atoms with Gasteiger partial charge in [0.15, 0.2) is 11.5 Å². The zero-order valence-corrected chi connectivity index (χ0v) is 7.58. The summed E-state index contributed by atoms with van der Waals surface area (Å²) in [5, 5.41) is 17.5. The normalized spacial score (nSPS) is 10.1. The summed E-state index contributed by atoms with van der Waals surface area (Å²) in [6.07, 6.45) is 1.41. The Morgan fingerprint density at radius 2 is 1.87 bits per heavy atom. The van der Waals surface area contributed by atoms with E-state index in [9.17, 15) is 14.7 Å². The number of ether oxygens (including phenoxy) is 1. The Morgan fingerprint density at radius 1 is 1.20 bits per heavy atom. The van der Waals surface area contributed by atoms with Gasteiger partial charge in [0.25, 0.3) is 0 Å². The average molecular weight is 208 g/mol. The first-order valence-corrected chi connectivity index (χ1v) is 4.00. The molecule has 0 heterocycles. The summed E-state index contributed by atoms with van der Waals surface area (Å²) in [7, 11) is 0. The smallest absolute Gasteiger partial charge is 0.336 e. The van der Waals surface area contributed by atoms with E-state index in [1.54, 1.807) is 12.1 Å². The molecule has 78 valence electrons. The lowest BCUT2D eigenvalue weighted by Gasteiger charge is -2.02. The molecule has 5 heteroatoms. The highest BCUT2D eigenvalue weighted by molar-refractivity contribution is 5.91. The molecular formula is C10H8O5. The lowest BCUT2D eigenvalue weighted by Crippen LogP contribution is -2.04. The zero-order valence-electron chi connectivity index (χ0n) is 7.58. The third-order valence-electron chi connectivity index (χ3n) is 1.44. The third-order valence-corrected chi connectivity index (χ3v) is 1.44. The molecule has 0 atom stereocenters. The maximum atomic E-state index is 11.0. The van der Waals surface area contributed by atoms with Crippen LogP contribution in [0.15, 0.2) is 36.4 Å². The number of carboxylic acid groups (broad SMARTS) is 1. The topological polar surface area (TPSA) is 83.8 Å². The van der Waals surface area contributed by atoms with Crippen LogP contribution in [-0.2, 0) is 9.59 Å². The molecule has 0 spiro atoms. The van der Waals surface area contributed by atoms with Gasteiger partial charge in [-0.2, -0.15) is 0 Å². The molecule has 0 amide bonds. The highest BCUT2D eigenvalue weighted by atomic mass is 16.5. The van der Waals surface area contributed by atoms with E-state index in [2.05, 4.69) is 4.74 Å². The van der Waals surface area contributed by atoms with Crippen molar-refractivity contribution < 1.29 is 24.5 Å². The number of carboxylic acids is 1. The van der Waals surface area contributed by atoms with Gasteiger partial charge in [-0.05, 0) is 12.1 Å². The van der Waals surface area contributed by atoms with E-state index in [0.29, 0.717) is 6.08 Å². The Kier molecular flexibility index (Phi) is 3.45. The predicted octanol–water partition coefficient (Wildman–Crippen LogP) is 0.938. The molecule has 0 saturated carbocycles. The van der Waals surface area contributed by atoms with Crippen molar-refractivity contribution in [3.8, 4) is 11.5 Å². The molecule has 1 aromatic rings. The van der Waals surface area contributed by atoms with E-state index in [1.807, 2.05) is 0 Å². The number of para-hydroxylation sites is 2. The van der Waals surface area contributed by atoms with Crippen molar-refractivity contribution in [1.82, 2.24) is 0 Å². The molecule has 0 radical (unpaired) electrons. The van der Waals surface area contributed by atoms with Gasteiger partial charge in [0, 0.05) is 12.2 Å². The van der Waals surface area contributed by atoms with Crippen molar-refractivity contribution in [2.45, 2.75) is 0 Å². The Morgan fingerprint density at radius 3 is 2.47 bits per heavy atom. The number of hydrogen-bond acceptors (Lipinski definition) is 4. The van der Waals surface area contributed by atoms with Crippen molar-refractivity contribution in [2.75, 3.05) is 0 Å². The lowest BCUT2D eigenvalue weighted by molar-refractivity contribution is -0.133. The molecule has 15 heavy (non-hydrogen) atoms.